The van der Waals surface area contributed by atoms with Gasteiger partial charge in [0.1, 0.15) is 22.8 Å². The van der Waals surface area contributed by atoms with Gasteiger partial charge in [-0.3, -0.25) is 4.79 Å². The lowest BCUT2D eigenvalue weighted by Crippen LogP contribution is -2.32. The molecular weight excluding hydrogens is 468 g/mol. The number of nitrogen functional groups attached to an aromatic ring is 1. The van der Waals surface area contributed by atoms with E-state index >= 15 is 0 Å². The van der Waals surface area contributed by atoms with Crippen molar-refractivity contribution in [3.05, 3.63) is 70.0 Å². The van der Waals surface area contributed by atoms with Gasteiger partial charge in [-0.2, -0.15) is 5.10 Å². The summed E-state index contributed by atoms with van der Waals surface area (Å²) < 4.78 is 1.84. The van der Waals surface area contributed by atoms with Crippen molar-refractivity contribution in [3.63, 3.8) is 0 Å². The van der Waals surface area contributed by atoms with E-state index in [9.17, 15) is 4.79 Å². The molecule has 4 aromatic rings. The minimum atomic E-state index is -0.364. The van der Waals surface area contributed by atoms with Crippen LogP contribution >= 0.6 is 11.3 Å². The van der Waals surface area contributed by atoms with Gasteiger partial charge in [0.2, 0.25) is 0 Å². The van der Waals surface area contributed by atoms with Gasteiger partial charge in [0.25, 0.3) is 0 Å². The van der Waals surface area contributed by atoms with Crippen LogP contribution in [0.15, 0.2) is 47.0 Å². The molecule has 0 bridgehead atoms. The summed E-state index contributed by atoms with van der Waals surface area (Å²) in [6.45, 7) is 6.51. The average molecular weight is 497 g/mol. The van der Waals surface area contributed by atoms with Crippen molar-refractivity contribution in [2.24, 2.45) is 16.8 Å². The maximum absolute atomic E-state index is 13.8. The van der Waals surface area contributed by atoms with Gasteiger partial charge in [0, 0.05) is 0 Å². The highest BCUT2D eigenvalue weighted by Crippen LogP contribution is 2.39. The third kappa shape index (κ3) is 3.95. The predicted octanol–water partition coefficient (Wildman–Crippen LogP) is 5.73. The fourth-order valence-corrected chi connectivity index (χ4v) is 5.98. The maximum atomic E-state index is 13.8. The number of allylic oxidation sites excluding steroid dienone is 2. The second-order valence-electron chi connectivity index (χ2n) is 9.90. The standard InChI is InChI=1S/C28H28N6OS/c1-15-6-4-5-7-19(15)11-20-21(32-28-22(25(20)35)17(3)13-36-28)12-34-27-23(26(29)30-14-31-27)24(33-34)16(2)10-18-8-9-18/h4-7,10,13-14,18,20H,8-9,11-12H2,1-3H3,(H2,29,30,31)/b16-10+. The van der Waals surface area contributed by atoms with Gasteiger partial charge in [-0.1, -0.05) is 30.3 Å². The predicted molar refractivity (Wildman–Crippen MR) is 145 cm³/mol. The number of aryl methyl sites for hydroxylation is 2. The van der Waals surface area contributed by atoms with E-state index < -0.39 is 0 Å². The van der Waals surface area contributed by atoms with Crippen molar-refractivity contribution in [2.75, 3.05) is 5.73 Å². The first-order chi connectivity index (χ1) is 17.4. The summed E-state index contributed by atoms with van der Waals surface area (Å²) in [5.74, 6) is 0.791. The molecule has 1 saturated carbocycles. The highest BCUT2D eigenvalue weighted by molar-refractivity contribution is 7.14. The van der Waals surface area contributed by atoms with Gasteiger partial charge in [-0.15, -0.1) is 11.3 Å². The Labute approximate surface area is 213 Å². The summed E-state index contributed by atoms with van der Waals surface area (Å²) >= 11 is 1.52. The van der Waals surface area contributed by atoms with Gasteiger partial charge in [-0.05, 0) is 73.6 Å². The molecule has 3 aromatic heterocycles. The normalized spacial score (nSPS) is 18.0. The van der Waals surface area contributed by atoms with Crippen molar-refractivity contribution >= 4 is 50.3 Å². The maximum Gasteiger partial charge on any atom is 0.175 e. The fourth-order valence-electron chi connectivity index (χ4n) is 5.03. The third-order valence-corrected chi connectivity index (χ3v) is 8.19. The highest BCUT2D eigenvalue weighted by Gasteiger charge is 2.35. The smallest absolute Gasteiger partial charge is 0.175 e. The Balaban J connectivity index is 1.45. The molecule has 4 heterocycles. The van der Waals surface area contributed by atoms with Crippen LogP contribution in [-0.4, -0.2) is 31.2 Å². The van der Waals surface area contributed by atoms with E-state index in [0.717, 1.165) is 44.1 Å². The van der Waals surface area contributed by atoms with E-state index in [4.69, 9.17) is 15.8 Å². The zero-order valence-corrected chi connectivity index (χ0v) is 21.5. The molecule has 0 saturated heterocycles. The van der Waals surface area contributed by atoms with Crippen LogP contribution in [0.25, 0.3) is 16.6 Å². The summed E-state index contributed by atoms with van der Waals surface area (Å²) in [5.41, 5.74) is 13.7. The number of hydrogen-bond donors (Lipinski definition) is 1. The molecule has 0 amide bonds. The summed E-state index contributed by atoms with van der Waals surface area (Å²) in [6.07, 6.45) is 6.76. The number of carbonyl (C=O) groups excluding carboxylic acids is 1. The second-order valence-corrected chi connectivity index (χ2v) is 10.8. The van der Waals surface area contributed by atoms with E-state index in [0.29, 0.717) is 30.3 Å². The van der Waals surface area contributed by atoms with Gasteiger partial charge in [0.15, 0.2) is 11.4 Å². The molecular formula is C28H28N6OS. The van der Waals surface area contributed by atoms with Crippen LogP contribution in [0.5, 0.6) is 0 Å². The van der Waals surface area contributed by atoms with Crippen LogP contribution in [-0.2, 0) is 13.0 Å². The van der Waals surface area contributed by atoms with Crippen molar-refractivity contribution in [2.45, 2.75) is 46.6 Å². The number of carbonyl (C=O) groups is 1. The largest absolute Gasteiger partial charge is 0.383 e. The van der Waals surface area contributed by atoms with Crippen LogP contribution in [0.3, 0.4) is 0 Å². The summed E-state index contributed by atoms with van der Waals surface area (Å²) in [5, 5.41) is 8.51. The quantitative estimate of drug-likeness (QED) is 0.368. The first-order valence-corrected chi connectivity index (χ1v) is 13.2. The molecule has 1 aliphatic carbocycles. The first-order valence-electron chi connectivity index (χ1n) is 12.3. The number of rotatable bonds is 6. The number of nitrogens with zero attached hydrogens (tertiary/aromatic N) is 5. The average Bonchev–Trinajstić information content (AvgIpc) is 3.48. The molecule has 1 aliphatic heterocycles. The number of benzene rings is 1. The van der Waals surface area contributed by atoms with E-state index in [-0.39, 0.29) is 11.7 Å². The Hall–Kier alpha value is -3.65. The minimum absolute atomic E-state index is 0.132. The second kappa shape index (κ2) is 8.78. The molecule has 2 aliphatic rings. The number of aromatic nitrogens is 4. The first kappa shape index (κ1) is 22.8. The van der Waals surface area contributed by atoms with Crippen LogP contribution in [0, 0.1) is 25.7 Å². The number of Topliss-reactive ketones (excluding diaryl/α,β-unsaturated/α-hetero) is 1. The lowest BCUT2D eigenvalue weighted by atomic mass is 9.84. The Kier molecular flexibility index (Phi) is 5.56. The Bertz CT molecular complexity index is 1570. The van der Waals surface area contributed by atoms with Crippen LogP contribution in [0.4, 0.5) is 10.8 Å². The third-order valence-electron chi connectivity index (χ3n) is 7.20. The monoisotopic (exact) mass is 496 g/mol. The van der Waals surface area contributed by atoms with E-state index in [1.54, 1.807) is 0 Å². The van der Waals surface area contributed by atoms with Crippen molar-refractivity contribution < 1.29 is 4.79 Å². The molecule has 6 rings (SSSR count). The number of ketones is 1. The van der Waals surface area contributed by atoms with Crippen LogP contribution in [0.2, 0.25) is 0 Å². The van der Waals surface area contributed by atoms with E-state index in [1.165, 1.54) is 36.1 Å². The van der Waals surface area contributed by atoms with Crippen molar-refractivity contribution in [3.8, 4) is 0 Å². The van der Waals surface area contributed by atoms with Crippen LogP contribution < -0.4 is 5.73 Å². The van der Waals surface area contributed by atoms with Gasteiger partial charge in [-0.25, -0.2) is 19.6 Å². The topological polar surface area (TPSA) is 99.0 Å². The lowest BCUT2D eigenvalue weighted by molar-refractivity contribution is 0.0951. The number of anilines is 1. The molecule has 1 aromatic carbocycles. The molecule has 0 radical (unpaired) electrons. The van der Waals surface area contributed by atoms with Crippen molar-refractivity contribution in [1.82, 2.24) is 19.7 Å². The summed E-state index contributed by atoms with van der Waals surface area (Å²) in [4.78, 5) is 27.6. The van der Waals surface area contributed by atoms with E-state index in [2.05, 4.69) is 42.0 Å². The minimum Gasteiger partial charge on any atom is -0.383 e. The Morgan fingerprint density at radius 1 is 1.19 bits per heavy atom. The fraction of sp³-hybridized carbons (Fsp3) is 0.321. The number of fused-ring (bicyclic) bond motifs is 2. The van der Waals surface area contributed by atoms with Gasteiger partial charge in [0.05, 0.1) is 29.1 Å². The SMILES string of the molecule is C/C(=C\C1CC1)c1nn(CC2=Nc3scc(C)c3C(=O)C2Cc2ccccc2C)c2ncnc(N)c12. The molecule has 2 N–H and O–H groups in total. The lowest BCUT2D eigenvalue weighted by Gasteiger charge is -2.23. The highest BCUT2D eigenvalue weighted by atomic mass is 32.1. The molecule has 1 unspecified atom stereocenters. The zero-order chi connectivity index (χ0) is 25.0. The van der Waals surface area contributed by atoms with Crippen LogP contribution in [0.1, 0.15) is 52.5 Å². The molecule has 8 heteroatoms. The number of thiophene rings is 1. The zero-order valence-electron chi connectivity index (χ0n) is 20.7. The number of hydrogen-bond acceptors (Lipinski definition) is 7. The molecule has 7 nitrogen and oxygen atoms in total. The Morgan fingerprint density at radius 2 is 2.00 bits per heavy atom. The molecule has 1 atom stereocenters. The van der Waals surface area contributed by atoms with Gasteiger partial charge < -0.3 is 5.73 Å². The van der Waals surface area contributed by atoms with Gasteiger partial charge >= 0.3 is 0 Å². The number of nitrogens with two attached hydrogens (primary N) is 1. The molecule has 1 fully saturated rings. The molecule has 182 valence electrons. The summed E-state index contributed by atoms with van der Waals surface area (Å²) in [6, 6.07) is 8.23. The molecule has 36 heavy (non-hydrogen) atoms. The number of aliphatic imine (C=N–C) groups is 1. The Morgan fingerprint density at radius 3 is 2.78 bits per heavy atom. The molecule has 0 spiro atoms. The summed E-state index contributed by atoms with van der Waals surface area (Å²) in [7, 11) is 0. The van der Waals surface area contributed by atoms with Crippen molar-refractivity contribution in [1.29, 1.82) is 0 Å². The van der Waals surface area contributed by atoms with E-state index in [1.807, 2.05) is 29.1 Å².